The van der Waals surface area contributed by atoms with Gasteiger partial charge in [-0.2, -0.15) is 0 Å². The third-order valence-electron chi connectivity index (χ3n) is 4.37. The second-order valence-electron chi connectivity index (χ2n) is 6.41. The number of benzene rings is 3. The summed E-state index contributed by atoms with van der Waals surface area (Å²) in [4.78, 5) is 17.2. The highest BCUT2D eigenvalue weighted by atomic mass is 32.1. The third kappa shape index (κ3) is 4.47. The van der Waals surface area contributed by atoms with Crippen molar-refractivity contribution >= 4 is 33.8 Å². The maximum atomic E-state index is 13.1. The van der Waals surface area contributed by atoms with Gasteiger partial charge < -0.3 is 15.4 Å². The molecule has 0 atom stereocenters. The van der Waals surface area contributed by atoms with E-state index >= 15 is 0 Å². The lowest BCUT2D eigenvalue weighted by Gasteiger charge is -2.09. The number of aromatic nitrogens is 1. The molecule has 5 nitrogen and oxygen atoms in total. The summed E-state index contributed by atoms with van der Waals surface area (Å²) in [7, 11) is 1.53. The number of rotatable bonds is 6. The van der Waals surface area contributed by atoms with Crippen molar-refractivity contribution in [2.45, 2.75) is 0 Å². The van der Waals surface area contributed by atoms with E-state index < -0.39 is 0 Å². The molecule has 1 heterocycles. The van der Waals surface area contributed by atoms with Gasteiger partial charge in [0, 0.05) is 22.3 Å². The van der Waals surface area contributed by atoms with Gasteiger partial charge in [-0.3, -0.25) is 4.79 Å². The van der Waals surface area contributed by atoms with E-state index in [1.165, 1.54) is 30.6 Å². The number of nitrogens with zero attached hydrogens (tertiary/aromatic N) is 1. The van der Waals surface area contributed by atoms with Crippen LogP contribution < -0.4 is 15.4 Å². The summed E-state index contributed by atoms with van der Waals surface area (Å²) in [5.74, 6) is -0.0175. The summed E-state index contributed by atoms with van der Waals surface area (Å²) < 4.78 is 18.3. The first kappa shape index (κ1) is 19.6. The number of carbonyl (C=O) groups is 1. The fourth-order valence-electron chi connectivity index (χ4n) is 2.91. The molecule has 1 amide bonds. The predicted molar refractivity (Wildman–Crippen MR) is 118 cm³/mol. The molecule has 7 heteroatoms. The lowest BCUT2D eigenvalue weighted by Crippen LogP contribution is -2.13. The number of amides is 1. The number of halogens is 1. The SMILES string of the molecule is COc1ccccc1C(=O)Nc1cccc(-c2csc(Nc3ccc(F)cc3)n2)c1. The van der Waals surface area contributed by atoms with E-state index in [1.54, 1.807) is 30.3 Å². The highest BCUT2D eigenvalue weighted by molar-refractivity contribution is 7.14. The van der Waals surface area contributed by atoms with Crippen molar-refractivity contribution in [1.82, 2.24) is 4.98 Å². The molecule has 0 unspecified atom stereocenters. The Kier molecular flexibility index (Phi) is 5.72. The summed E-state index contributed by atoms with van der Waals surface area (Å²) in [5, 5.41) is 8.68. The number of hydrogen-bond donors (Lipinski definition) is 2. The van der Waals surface area contributed by atoms with Gasteiger partial charge in [-0.1, -0.05) is 24.3 Å². The Morgan fingerprint density at radius 1 is 1.00 bits per heavy atom. The quantitative estimate of drug-likeness (QED) is 0.405. The van der Waals surface area contributed by atoms with Gasteiger partial charge in [0.25, 0.3) is 5.91 Å². The molecule has 4 aromatic rings. The molecule has 0 aliphatic carbocycles. The molecule has 3 aromatic carbocycles. The van der Waals surface area contributed by atoms with E-state index in [4.69, 9.17) is 4.74 Å². The van der Waals surface area contributed by atoms with E-state index in [0.717, 1.165) is 16.9 Å². The average molecular weight is 419 g/mol. The molecule has 0 aliphatic rings. The molecule has 1 aromatic heterocycles. The number of hydrogen-bond acceptors (Lipinski definition) is 5. The van der Waals surface area contributed by atoms with Gasteiger partial charge in [-0.25, -0.2) is 9.37 Å². The number of carbonyl (C=O) groups excluding carboxylic acids is 1. The van der Waals surface area contributed by atoms with Crippen LogP contribution in [0.1, 0.15) is 10.4 Å². The first-order chi connectivity index (χ1) is 14.6. The van der Waals surface area contributed by atoms with Crippen LogP contribution in [0.25, 0.3) is 11.3 Å². The lowest BCUT2D eigenvalue weighted by molar-refractivity contribution is 0.102. The van der Waals surface area contributed by atoms with Gasteiger partial charge in [-0.15, -0.1) is 11.3 Å². The topological polar surface area (TPSA) is 63.2 Å². The standard InChI is InChI=1S/C23H18FN3O2S/c1-29-21-8-3-2-7-19(21)22(28)25-18-6-4-5-15(13-18)20-14-30-23(27-20)26-17-11-9-16(24)10-12-17/h2-14H,1H3,(H,25,28)(H,26,27). The van der Waals surface area contributed by atoms with Gasteiger partial charge in [0.15, 0.2) is 5.13 Å². The van der Waals surface area contributed by atoms with E-state index in [1.807, 2.05) is 35.7 Å². The van der Waals surface area contributed by atoms with Crippen LogP contribution in [0.3, 0.4) is 0 Å². The number of para-hydroxylation sites is 1. The molecule has 2 N–H and O–H groups in total. The second-order valence-corrected chi connectivity index (χ2v) is 7.26. The average Bonchev–Trinajstić information content (AvgIpc) is 3.24. The highest BCUT2D eigenvalue weighted by Crippen LogP contribution is 2.29. The normalized spacial score (nSPS) is 10.5. The molecule has 150 valence electrons. The van der Waals surface area contributed by atoms with Crippen molar-refractivity contribution < 1.29 is 13.9 Å². The van der Waals surface area contributed by atoms with Crippen LogP contribution in [0.5, 0.6) is 5.75 Å². The maximum absolute atomic E-state index is 13.1. The van der Waals surface area contributed by atoms with Crippen molar-refractivity contribution in [2.75, 3.05) is 17.7 Å². The van der Waals surface area contributed by atoms with Crippen molar-refractivity contribution in [3.63, 3.8) is 0 Å². The predicted octanol–water partition coefficient (Wildman–Crippen LogP) is 5.95. The van der Waals surface area contributed by atoms with Crippen LogP contribution >= 0.6 is 11.3 Å². The van der Waals surface area contributed by atoms with Crippen molar-refractivity contribution in [3.05, 3.63) is 89.6 Å². The number of methoxy groups -OCH3 is 1. The van der Waals surface area contributed by atoms with Crippen LogP contribution in [-0.2, 0) is 0 Å². The van der Waals surface area contributed by atoms with Crippen LogP contribution in [-0.4, -0.2) is 18.0 Å². The van der Waals surface area contributed by atoms with E-state index in [0.29, 0.717) is 22.1 Å². The van der Waals surface area contributed by atoms with Crippen molar-refractivity contribution in [1.29, 1.82) is 0 Å². The van der Waals surface area contributed by atoms with Gasteiger partial charge >= 0.3 is 0 Å². The summed E-state index contributed by atoms with van der Waals surface area (Å²) >= 11 is 1.45. The fraction of sp³-hybridized carbons (Fsp3) is 0.0435. The lowest BCUT2D eigenvalue weighted by atomic mass is 10.1. The van der Waals surface area contributed by atoms with Gasteiger partial charge in [0.05, 0.1) is 18.4 Å². The number of ether oxygens (including phenoxy) is 1. The number of anilines is 3. The minimum atomic E-state index is -0.285. The van der Waals surface area contributed by atoms with Gasteiger partial charge in [0.1, 0.15) is 11.6 Å². The molecule has 0 spiro atoms. The monoisotopic (exact) mass is 419 g/mol. The minimum Gasteiger partial charge on any atom is -0.496 e. The van der Waals surface area contributed by atoms with Crippen molar-refractivity contribution in [2.24, 2.45) is 0 Å². The largest absolute Gasteiger partial charge is 0.496 e. The summed E-state index contributed by atoms with van der Waals surface area (Å²) in [6, 6.07) is 20.6. The first-order valence-corrected chi connectivity index (χ1v) is 10.0. The Hall–Kier alpha value is -3.71. The van der Waals surface area contributed by atoms with Crippen molar-refractivity contribution in [3.8, 4) is 17.0 Å². The molecular formula is C23H18FN3O2S. The van der Waals surface area contributed by atoms with Crippen LogP contribution in [0.2, 0.25) is 0 Å². The van der Waals surface area contributed by atoms with Gasteiger partial charge in [0.2, 0.25) is 0 Å². The maximum Gasteiger partial charge on any atom is 0.259 e. The van der Waals surface area contributed by atoms with Gasteiger partial charge in [-0.05, 0) is 48.5 Å². The molecular weight excluding hydrogens is 401 g/mol. The first-order valence-electron chi connectivity index (χ1n) is 9.15. The summed E-state index contributed by atoms with van der Waals surface area (Å²) in [5.41, 5.74) is 3.53. The third-order valence-corrected chi connectivity index (χ3v) is 5.13. The number of nitrogens with one attached hydrogen (secondary N) is 2. The van der Waals surface area contributed by atoms with E-state index in [9.17, 15) is 9.18 Å². The second kappa shape index (κ2) is 8.75. The molecule has 0 saturated heterocycles. The van der Waals surface area contributed by atoms with Crippen LogP contribution in [0.4, 0.5) is 20.9 Å². The summed E-state index contributed by atoms with van der Waals surface area (Å²) in [6.45, 7) is 0. The number of thiazole rings is 1. The molecule has 0 bridgehead atoms. The molecule has 0 fully saturated rings. The fourth-order valence-corrected chi connectivity index (χ4v) is 3.65. The summed E-state index contributed by atoms with van der Waals surface area (Å²) in [6.07, 6.45) is 0. The highest BCUT2D eigenvalue weighted by Gasteiger charge is 2.12. The molecule has 30 heavy (non-hydrogen) atoms. The Bertz CT molecular complexity index is 1180. The van der Waals surface area contributed by atoms with E-state index in [2.05, 4.69) is 15.6 Å². The van der Waals surface area contributed by atoms with Crippen LogP contribution in [0.15, 0.2) is 78.2 Å². The zero-order chi connectivity index (χ0) is 20.9. The minimum absolute atomic E-state index is 0.249. The smallest absolute Gasteiger partial charge is 0.259 e. The van der Waals surface area contributed by atoms with Crippen LogP contribution in [0, 0.1) is 5.82 Å². The molecule has 4 rings (SSSR count). The Morgan fingerprint density at radius 3 is 2.60 bits per heavy atom. The Balaban J connectivity index is 1.50. The van der Waals surface area contributed by atoms with E-state index in [-0.39, 0.29) is 11.7 Å². The molecule has 0 radical (unpaired) electrons. The molecule has 0 aliphatic heterocycles. The molecule has 0 saturated carbocycles. The Morgan fingerprint density at radius 2 is 1.80 bits per heavy atom. The zero-order valence-corrected chi connectivity index (χ0v) is 16.9. The zero-order valence-electron chi connectivity index (χ0n) is 16.1. The Labute approximate surface area is 177 Å².